The van der Waals surface area contributed by atoms with Crippen molar-refractivity contribution in [2.24, 2.45) is 0 Å². The molecule has 0 saturated carbocycles. The summed E-state index contributed by atoms with van der Waals surface area (Å²) in [5.74, 6) is 0. The zero-order chi connectivity index (χ0) is 10.4. The average Bonchev–Trinajstić information content (AvgIpc) is 2.25. The second-order valence-corrected chi connectivity index (χ2v) is 3.95. The molecule has 0 amide bonds. The fraction of sp³-hybridized carbons (Fsp3) is 0.900. The van der Waals surface area contributed by atoms with Gasteiger partial charge in [-0.3, -0.25) is 0 Å². The summed E-state index contributed by atoms with van der Waals surface area (Å²) < 4.78 is 5.43. The summed E-state index contributed by atoms with van der Waals surface area (Å²) in [5, 5.41) is 4.16. The van der Waals surface area contributed by atoms with Crippen LogP contribution in [0.5, 0.6) is 0 Å². The third kappa shape index (κ3) is 3.10. The molecule has 0 spiro atoms. The second-order valence-electron chi connectivity index (χ2n) is 3.56. The molecule has 0 aromatic heterocycles. The first-order valence-corrected chi connectivity index (χ1v) is 5.82. The summed E-state index contributed by atoms with van der Waals surface area (Å²) >= 11 is 5.34. The van der Waals surface area contributed by atoms with Crippen molar-refractivity contribution in [3.8, 4) is 0 Å². The van der Waals surface area contributed by atoms with Gasteiger partial charge in [-0.15, -0.1) is 0 Å². The lowest BCUT2D eigenvalue weighted by molar-refractivity contribution is 0.0249. The number of hydrogen-bond donors (Lipinski definition) is 1. The molecular weight excluding hydrogens is 196 g/mol. The van der Waals surface area contributed by atoms with Crippen LogP contribution in [0.1, 0.15) is 26.7 Å². The van der Waals surface area contributed by atoms with Gasteiger partial charge in [0.25, 0.3) is 0 Å². The van der Waals surface area contributed by atoms with Gasteiger partial charge in [-0.25, -0.2) is 0 Å². The Morgan fingerprint density at radius 2 is 2.36 bits per heavy atom. The van der Waals surface area contributed by atoms with Crippen molar-refractivity contribution in [3.05, 3.63) is 0 Å². The summed E-state index contributed by atoms with van der Waals surface area (Å²) in [4.78, 5) is 2.26. The highest BCUT2D eigenvalue weighted by molar-refractivity contribution is 7.80. The van der Waals surface area contributed by atoms with Crippen molar-refractivity contribution in [1.82, 2.24) is 10.2 Å². The maximum absolute atomic E-state index is 5.43. The zero-order valence-corrected chi connectivity index (χ0v) is 9.90. The molecule has 1 aliphatic rings. The van der Waals surface area contributed by atoms with Crippen LogP contribution in [0.4, 0.5) is 0 Å². The van der Waals surface area contributed by atoms with Gasteiger partial charge >= 0.3 is 0 Å². The largest absolute Gasteiger partial charge is 0.377 e. The van der Waals surface area contributed by atoms with E-state index in [0.29, 0.717) is 6.04 Å². The second kappa shape index (κ2) is 6.19. The highest BCUT2D eigenvalue weighted by atomic mass is 32.1. The molecule has 1 unspecified atom stereocenters. The minimum absolute atomic E-state index is 0.459. The van der Waals surface area contributed by atoms with E-state index in [9.17, 15) is 0 Å². The molecule has 1 saturated heterocycles. The molecule has 1 rings (SSSR count). The zero-order valence-electron chi connectivity index (χ0n) is 9.08. The highest BCUT2D eigenvalue weighted by Gasteiger charge is 2.22. The Morgan fingerprint density at radius 3 is 3.00 bits per heavy atom. The summed E-state index contributed by atoms with van der Waals surface area (Å²) in [6.45, 7) is 7.82. The average molecular weight is 216 g/mol. The van der Waals surface area contributed by atoms with Crippen molar-refractivity contribution in [1.29, 1.82) is 0 Å². The summed E-state index contributed by atoms with van der Waals surface area (Å²) in [5.41, 5.74) is 0. The number of ether oxygens (including phenoxy) is 1. The Bertz CT molecular complexity index is 187. The van der Waals surface area contributed by atoms with E-state index in [1.165, 1.54) is 0 Å². The molecule has 3 nitrogen and oxygen atoms in total. The molecule has 82 valence electrons. The monoisotopic (exact) mass is 216 g/mol. The molecule has 0 aromatic rings. The fourth-order valence-corrected chi connectivity index (χ4v) is 1.94. The number of rotatable bonds is 3. The topological polar surface area (TPSA) is 24.5 Å². The van der Waals surface area contributed by atoms with E-state index in [1.807, 2.05) is 0 Å². The minimum Gasteiger partial charge on any atom is -0.377 e. The van der Waals surface area contributed by atoms with Gasteiger partial charge in [-0.1, -0.05) is 13.8 Å². The van der Waals surface area contributed by atoms with E-state index < -0.39 is 0 Å². The van der Waals surface area contributed by atoms with Crippen LogP contribution in [-0.2, 0) is 4.74 Å². The highest BCUT2D eigenvalue weighted by Crippen LogP contribution is 2.10. The van der Waals surface area contributed by atoms with Gasteiger partial charge in [0.15, 0.2) is 5.11 Å². The first kappa shape index (κ1) is 11.7. The SMILES string of the molecule is CCCNC(=S)N1CCOCC1CC. The lowest BCUT2D eigenvalue weighted by Gasteiger charge is -2.37. The first-order valence-electron chi connectivity index (χ1n) is 5.41. The van der Waals surface area contributed by atoms with Crippen molar-refractivity contribution in [2.45, 2.75) is 32.7 Å². The summed E-state index contributed by atoms with van der Waals surface area (Å²) in [6, 6.07) is 0.459. The Hall–Kier alpha value is -0.350. The van der Waals surface area contributed by atoms with E-state index in [1.54, 1.807) is 0 Å². The van der Waals surface area contributed by atoms with Crippen LogP contribution in [0.25, 0.3) is 0 Å². The molecule has 0 bridgehead atoms. The Kier molecular flexibility index (Phi) is 5.19. The standard InChI is InChI=1S/C10H20N2OS/c1-3-5-11-10(14)12-6-7-13-8-9(12)4-2/h9H,3-8H2,1-2H3,(H,11,14). The lowest BCUT2D eigenvalue weighted by atomic mass is 10.2. The van der Waals surface area contributed by atoms with Gasteiger partial charge < -0.3 is 15.0 Å². The number of nitrogens with zero attached hydrogens (tertiary/aromatic N) is 1. The van der Waals surface area contributed by atoms with E-state index in [0.717, 1.165) is 44.3 Å². The van der Waals surface area contributed by atoms with E-state index >= 15 is 0 Å². The third-order valence-corrected chi connectivity index (χ3v) is 2.86. The minimum atomic E-state index is 0.459. The van der Waals surface area contributed by atoms with Crippen LogP contribution < -0.4 is 5.32 Å². The van der Waals surface area contributed by atoms with Crippen molar-refractivity contribution in [2.75, 3.05) is 26.3 Å². The number of thiocarbonyl (C=S) groups is 1. The van der Waals surface area contributed by atoms with Crippen LogP contribution in [0.3, 0.4) is 0 Å². The molecule has 1 aliphatic heterocycles. The van der Waals surface area contributed by atoms with Crippen LogP contribution in [-0.4, -0.2) is 42.4 Å². The number of hydrogen-bond acceptors (Lipinski definition) is 2. The fourth-order valence-electron chi connectivity index (χ4n) is 1.59. The van der Waals surface area contributed by atoms with Crippen LogP contribution in [0, 0.1) is 0 Å². The van der Waals surface area contributed by atoms with Crippen LogP contribution in [0.15, 0.2) is 0 Å². The Morgan fingerprint density at radius 1 is 1.57 bits per heavy atom. The lowest BCUT2D eigenvalue weighted by Crippen LogP contribution is -2.52. The van der Waals surface area contributed by atoms with Crippen LogP contribution in [0.2, 0.25) is 0 Å². The molecule has 1 heterocycles. The van der Waals surface area contributed by atoms with Crippen LogP contribution >= 0.6 is 12.2 Å². The van der Waals surface area contributed by atoms with Gasteiger partial charge in [0.2, 0.25) is 0 Å². The smallest absolute Gasteiger partial charge is 0.169 e. The first-order chi connectivity index (χ1) is 6.79. The number of nitrogens with one attached hydrogen (secondary N) is 1. The predicted octanol–water partition coefficient (Wildman–Crippen LogP) is 1.38. The molecule has 0 aromatic carbocycles. The molecule has 4 heteroatoms. The maximum atomic E-state index is 5.43. The normalized spacial score (nSPS) is 22.1. The maximum Gasteiger partial charge on any atom is 0.169 e. The Labute approximate surface area is 91.8 Å². The van der Waals surface area contributed by atoms with Gasteiger partial charge in [0.1, 0.15) is 0 Å². The number of morpholine rings is 1. The summed E-state index contributed by atoms with van der Waals surface area (Å²) in [6.07, 6.45) is 2.20. The molecular formula is C10H20N2OS. The van der Waals surface area contributed by atoms with Crippen molar-refractivity contribution < 1.29 is 4.74 Å². The molecule has 1 fully saturated rings. The predicted molar refractivity (Wildman–Crippen MR) is 62.5 cm³/mol. The van der Waals surface area contributed by atoms with Gasteiger partial charge in [-0.05, 0) is 25.1 Å². The molecule has 1 N–H and O–H groups in total. The Balaban J connectivity index is 2.41. The van der Waals surface area contributed by atoms with Gasteiger partial charge in [0.05, 0.1) is 19.3 Å². The van der Waals surface area contributed by atoms with Gasteiger partial charge in [0, 0.05) is 13.1 Å². The molecule has 14 heavy (non-hydrogen) atoms. The van der Waals surface area contributed by atoms with Gasteiger partial charge in [-0.2, -0.15) is 0 Å². The van der Waals surface area contributed by atoms with E-state index in [4.69, 9.17) is 17.0 Å². The molecule has 0 aliphatic carbocycles. The van der Waals surface area contributed by atoms with E-state index in [-0.39, 0.29) is 0 Å². The molecule has 1 atom stereocenters. The summed E-state index contributed by atoms with van der Waals surface area (Å²) in [7, 11) is 0. The molecule has 0 radical (unpaired) electrons. The van der Waals surface area contributed by atoms with E-state index in [2.05, 4.69) is 24.1 Å². The quantitative estimate of drug-likeness (QED) is 0.720. The third-order valence-electron chi connectivity index (χ3n) is 2.49. The van der Waals surface area contributed by atoms with Crippen molar-refractivity contribution >= 4 is 17.3 Å². The van der Waals surface area contributed by atoms with Crippen molar-refractivity contribution in [3.63, 3.8) is 0 Å².